The van der Waals surface area contributed by atoms with Crippen LogP contribution < -0.4 is 5.56 Å². The second-order valence-electron chi connectivity index (χ2n) is 5.02. The molecule has 0 radical (unpaired) electrons. The molecule has 1 saturated heterocycles. The van der Waals surface area contributed by atoms with Crippen LogP contribution in [0.1, 0.15) is 30.3 Å². The summed E-state index contributed by atoms with van der Waals surface area (Å²) < 4.78 is 6.14. The molecular formula is C14H19N3O4. The Morgan fingerprint density at radius 1 is 1.43 bits per heavy atom. The molecule has 1 aromatic rings. The van der Waals surface area contributed by atoms with Crippen molar-refractivity contribution in [2.24, 2.45) is 13.0 Å². The predicted molar refractivity (Wildman–Crippen MR) is 74.7 cm³/mol. The first-order valence-electron chi connectivity index (χ1n) is 7.03. The molecule has 1 aliphatic rings. The van der Waals surface area contributed by atoms with Gasteiger partial charge < -0.3 is 9.64 Å². The van der Waals surface area contributed by atoms with Gasteiger partial charge in [-0.15, -0.1) is 0 Å². The van der Waals surface area contributed by atoms with Gasteiger partial charge in [0.1, 0.15) is 5.69 Å². The maximum atomic E-state index is 12.4. The number of esters is 1. The van der Waals surface area contributed by atoms with Crippen molar-refractivity contribution in [3.8, 4) is 0 Å². The van der Waals surface area contributed by atoms with Gasteiger partial charge in [-0.3, -0.25) is 14.4 Å². The van der Waals surface area contributed by atoms with E-state index in [1.54, 1.807) is 11.8 Å². The first-order chi connectivity index (χ1) is 10.0. The summed E-state index contributed by atoms with van der Waals surface area (Å²) in [5, 5.41) is 3.95. The Kier molecular flexibility index (Phi) is 4.72. The van der Waals surface area contributed by atoms with Crippen molar-refractivity contribution < 1.29 is 14.3 Å². The largest absolute Gasteiger partial charge is 0.466 e. The highest BCUT2D eigenvalue weighted by molar-refractivity contribution is 5.92. The van der Waals surface area contributed by atoms with Crippen LogP contribution in [0.5, 0.6) is 0 Å². The minimum absolute atomic E-state index is 0.210. The average Bonchev–Trinajstić information content (AvgIpc) is 2.49. The van der Waals surface area contributed by atoms with E-state index in [0.717, 1.165) is 17.5 Å². The fourth-order valence-electron chi connectivity index (χ4n) is 2.39. The molecule has 1 amide bonds. The number of hydrogen-bond acceptors (Lipinski definition) is 5. The molecule has 1 atom stereocenters. The van der Waals surface area contributed by atoms with Crippen LogP contribution in [0.4, 0.5) is 0 Å². The second kappa shape index (κ2) is 6.51. The first kappa shape index (κ1) is 15.2. The predicted octanol–water partition coefficient (Wildman–Crippen LogP) is 0.196. The number of piperidine rings is 1. The smallest absolute Gasteiger partial charge is 0.310 e. The quantitative estimate of drug-likeness (QED) is 0.743. The SMILES string of the molecule is CCOC(=O)[C@@H]1CCCN(C(=O)c2ccc(=O)n(C)n2)C1. The molecule has 0 unspecified atom stereocenters. The first-order valence-corrected chi connectivity index (χ1v) is 7.03. The molecule has 0 saturated carbocycles. The van der Waals surface area contributed by atoms with Gasteiger partial charge in [0.25, 0.3) is 11.5 Å². The van der Waals surface area contributed by atoms with Crippen LogP contribution >= 0.6 is 0 Å². The van der Waals surface area contributed by atoms with Gasteiger partial charge in [-0.25, -0.2) is 4.68 Å². The summed E-state index contributed by atoms with van der Waals surface area (Å²) in [5.41, 5.74) is -0.0591. The second-order valence-corrected chi connectivity index (χ2v) is 5.02. The zero-order chi connectivity index (χ0) is 15.4. The highest BCUT2D eigenvalue weighted by Crippen LogP contribution is 2.19. The molecule has 7 heteroatoms. The van der Waals surface area contributed by atoms with E-state index in [1.807, 2.05) is 0 Å². The monoisotopic (exact) mass is 293 g/mol. The summed E-state index contributed by atoms with van der Waals surface area (Å²) in [6.07, 6.45) is 1.48. The van der Waals surface area contributed by atoms with Crippen LogP contribution in [0.15, 0.2) is 16.9 Å². The number of aromatic nitrogens is 2. The van der Waals surface area contributed by atoms with Crippen molar-refractivity contribution in [2.75, 3.05) is 19.7 Å². The number of carbonyl (C=O) groups excluding carboxylic acids is 2. The lowest BCUT2D eigenvalue weighted by atomic mass is 9.98. The maximum absolute atomic E-state index is 12.4. The molecule has 21 heavy (non-hydrogen) atoms. The molecule has 0 aliphatic carbocycles. The summed E-state index contributed by atoms with van der Waals surface area (Å²) in [5.74, 6) is -0.807. The Morgan fingerprint density at radius 3 is 2.86 bits per heavy atom. The normalized spacial score (nSPS) is 18.4. The zero-order valence-electron chi connectivity index (χ0n) is 12.2. The molecule has 1 aromatic heterocycles. The van der Waals surface area contributed by atoms with Gasteiger partial charge in [-0.05, 0) is 25.8 Å². The van der Waals surface area contributed by atoms with Gasteiger partial charge >= 0.3 is 5.97 Å². The highest BCUT2D eigenvalue weighted by atomic mass is 16.5. The van der Waals surface area contributed by atoms with Crippen LogP contribution in [-0.4, -0.2) is 46.3 Å². The maximum Gasteiger partial charge on any atom is 0.310 e. The van der Waals surface area contributed by atoms with Gasteiger partial charge in [0.15, 0.2) is 0 Å². The minimum Gasteiger partial charge on any atom is -0.466 e. The van der Waals surface area contributed by atoms with Crippen molar-refractivity contribution in [3.05, 3.63) is 28.2 Å². The summed E-state index contributed by atoms with van der Waals surface area (Å²) in [6, 6.07) is 2.73. The van der Waals surface area contributed by atoms with Crippen molar-refractivity contribution in [3.63, 3.8) is 0 Å². The van der Waals surface area contributed by atoms with E-state index in [4.69, 9.17) is 4.74 Å². The Balaban J connectivity index is 2.09. The fraction of sp³-hybridized carbons (Fsp3) is 0.571. The molecular weight excluding hydrogens is 274 g/mol. The zero-order valence-corrected chi connectivity index (χ0v) is 12.2. The van der Waals surface area contributed by atoms with Gasteiger partial charge in [0, 0.05) is 26.2 Å². The summed E-state index contributed by atoms with van der Waals surface area (Å²) in [4.78, 5) is 37.1. The van der Waals surface area contributed by atoms with Crippen LogP contribution in [0, 0.1) is 5.92 Å². The molecule has 7 nitrogen and oxygen atoms in total. The Morgan fingerprint density at radius 2 is 2.19 bits per heavy atom. The van der Waals surface area contributed by atoms with Crippen LogP contribution in [0.3, 0.4) is 0 Å². The molecule has 1 aliphatic heterocycles. The van der Waals surface area contributed by atoms with Gasteiger partial charge in [-0.1, -0.05) is 0 Å². The number of rotatable bonds is 3. The van der Waals surface area contributed by atoms with Crippen molar-refractivity contribution in [1.29, 1.82) is 0 Å². The molecule has 0 aromatic carbocycles. The molecule has 114 valence electrons. The molecule has 2 heterocycles. The third-order valence-electron chi connectivity index (χ3n) is 3.51. The van der Waals surface area contributed by atoms with Crippen LogP contribution in [-0.2, 0) is 16.6 Å². The standard InChI is InChI=1S/C14H19N3O4/c1-3-21-14(20)10-5-4-8-17(9-10)13(19)11-6-7-12(18)16(2)15-11/h6-7,10H,3-5,8-9H2,1-2H3/t10-/m1/s1. The van der Waals surface area contributed by atoms with E-state index in [9.17, 15) is 14.4 Å². The summed E-state index contributed by atoms with van der Waals surface area (Å²) in [6.45, 7) is 3.02. The fourth-order valence-corrected chi connectivity index (χ4v) is 2.39. The van der Waals surface area contributed by atoms with Crippen LogP contribution in [0.25, 0.3) is 0 Å². The van der Waals surface area contributed by atoms with Crippen molar-refractivity contribution >= 4 is 11.9 Å². The number of amides is 1. The third-order valence-corrected chi connectivity index (χ3v) is 3.51. The summed E-state index contributed by atoms with van der Waals surface area (Å²) >= 11 is 0. The van der Waals surface area contributed by atoms with E-state index >= 15 is 0 Å². The van der Waals surface area contributed by atoms with Gasteiger partial charge in [0.05, 0.1) is 12.5 Å². The van der Waals surface area contributed by atoms with E-state index in [-0.39, 0.29) is 29.0 Å². The number of aryl methyl sites for hydroxylation is 1. The molecule has 0 bridgehead atoms. The lowest BCUT2D eigenvalue weighted by Gasteiger charge is -2.31. The number of nitrogens with zero attached hydrogens (tertiary/aromatic N) is 3. The van der Waals surface area contributed by atoms with Gasteiger partial charge in [0.2, 0.25) is 0 Å². The topological polar surface area (TPSA) is 81.5 Å². The number of ether oxygens (including phenoxy) is 1. The number of hydrogen-bond donors (Lipinski definition) is 0. The molecule has 2 rings (SSSR count). The lowest BCUT2D eigenvalue weighted by Crippen LogP contribution is -2.43. The number of likely N-dealkylation sites (tertiary alicyclic amines) is 1. The molecule has 0 N–H and O–H groups in total. The Bertz CT molecular complexity index is 596. The van der Waals surface area contributed by atoms with E-state index in [0.29, 0.717) is 19.7 Å². The molecule has 1 fully saturated rings. The Labute approximate surface area is 122 Å². The Hall–Kier alpha value is -2.18. The average molecular weight is 293 g/mol. The highest BCUT2D eigenvalue weighted by Gasteiger charge is 2.30. The molecule has 0 spiro atoms. The van der Waals surface area contributed by atoms with Crippen LogP contribution in [0.2, 0.25) is 0 Å². The third kappa shape index (κ3) is 3.48. The van der Waals surface area contributed by atoms with Gasteiger partial charge in [-0.2, -0.15) is 5.10 Å². The van der Waals surface area contributed by atoms with E-state index in [2.05, 4.69) is 5.10 Å². The van der Waals surface area contributed by atoms with E-state index in [1.165, 1.54) is 19.2 Å². The van der Waals surface area contributed by atoms with Crippen molar-refractivity contribution in [1.82, 2.24) is 14.7 Å². The summed E-state index contributed by atoms with van der Waals surface area (Å²) in [7, 11) is 1.50. The number of carbonyl (C=O) groups is 2. The van der Waals surface area contributed by atoms with E-state index < -0.39 is 0 Å². The van der Waals surface area contributed by atoms with Crippen molar-refractivity contribution in [2.45, 2.75) is 19.8 Å². The minimum atomic E-state index is -0.282. The lowest BCUT2D eigenvalue weighted by molar-refractivity contribution is -0.149.